The van der Waals surface area contributed by atoms with Gasteiger partial charge in [0.2, 0.25) is 11.8 Å². The highest BCUT2D eigenvalue weighted by molar-refractivity contribution is 6.16. The van der Waals surface area contributed by atoms with E-state index in [2.05, 4.69) is 25.6 Å². The van der Waals surface area contributed by atoms with E-state index in [0.717, 1.165) is 11.6 Å². The van der Waals surface area contributed by atoms with Crippen LogP contribution < -0.4 is 15.4 Å². The van der Waals surface area contributed by atoms with Crippen molar-refractivity contribution in [2.75, 3.05) is 10.6 Å². The van der Waals surface area contributed by atoms with Crippen molar-refractivity contribution < 1.29 is 18.7 Å². The van der Waals surface area contributed by atoms with Gasteiger partial charge in [0.1, 0.15) is 5.41 Å². The summed E-state index contributed by atoms with van der Waals surface area (Å²) in [5, 5.41) is 5.46. The molecule has 2 aromatic heterocycles. The highest BCUT2D eigenvalue weighted by atomic mass is 19.1. The van der Waals surface area contributed by atoms with E-state index in [4.69, 9.17) is 4.74 Å². The molecule has 9 heteroatoms. The first-order valence-electron chi connectivity index (χ1n) is 11.1. The van der Waals surface area contributed by atoms with Crippen molar-refractivity contribution in [3.8, 4) is 11.5 Å². The van der Waals surface area contributed by atoms with Crippen molar-refractivity contribution >= 4 is 34.4 Å². The summed E-state index contributed by atoms with van der Waals surface area (Å²) in [6, 6.07) is 13.0. The molecular weight excluding hydrogens is 449 g/mol. The van der Waals surface area contributed by atoms with Gasteiger partial charge in [-0.05, 0) is 51.0 Å². The molecule has 0 spiro atoms. The van der Waals surface area contributed by atoms with Crippen molar-refractivity contribution in [3.05, 3.63) is 78.0 Å². The number of aryl methyl sites for hydroxylation is 2. The van der Waals surface area contributed by atoms with Gasteiger partial charge in [-0.2, -0.15) is 0 Å². The van der Waals surface area contributed by atoms with Crippen molar-refractivity contribution in [3.63, 3.8) is 0 Å². The highest BCUT2D eigenvalue weighted by Gasteiger charge is 2.56. The zero-order chi connectivity index (χ0) is 24.6. The third-order valence-corrected chi connectivity index (χ3v) is 5.87. The number of anilines is 2. The normalized spacial score (nSPS) is 13.8. The van der Waals surface area contributed by atoms with E-state index in [-0.39, 0.29) is 17.3 Å². The van der Waals surface area contributed by atoms with E-state index in [9.17, 15) is 14.0 Å². The summed E-state index contributed by atoms with van der Waals surface area (Å²) >= 11 is 0. The molecule has 0 bridgehead atoms. The second-order valence-electron chi connectivity index (χ2n) is 8.60. The van der Waals surface area contributed by atoms with Crippen molar-refractivity contribution in [1.29, 1.82) is 0 Å². The van der Waals surface area contributed by atoms with Gasteiger partial charge in [0.05, 0.1) is 11.9 Å². The zero-order valence-corrected chi connectivity index (χ0v) is 19.1. The predicted molar refractivity (Wildman–Crippen MR) is 129 cm³/mol. The van der Waals surface area contributed by atoms with E-state index in [0.29, 0.717) is 41.1 Å². The third kappa shape index (κ3) is 4.52. The molecule has 2 amide bonds. The number of rotatable bonds is 6. The number of carbonyl (C=O) groups excluding carboxylic acids is 2. The van der Waals surface area contributed by atoms with E-state index in [1.165, 1.54) is 18.3 Å². The van der Waals surface area contributed by atoms with Crippen LogP contribution in [0.5, 0.6) is 11.5 Å². The molecule has 1 fully saturated rings. The minimum atomic E-state index is -1.16. The molecule has 35 heavy (non-hydrogen) atoms. The number of carbonyl (C=O) groups is 2. The molecule has 1 aliphatic rings. The summed E-state index contributed by atoms with van der Waals surface area (Å²) in [5.41, 5.74) is 2.23. The Morgan fingerprint density at radius 3 is 2.29 bits per heavy atom. The number of fused-ring (bicyclic) bond motifs is 1. The Hall–Kier alpha value is -4.40. The molecule has 8 nitrogen and oxygen atoms in total. The van der Waals surface area contributed by atoms with Crippen molar-refractivity contribution in [1.82, 2.24) is 15.0 Å². The molecule has 1 aliphatic carbocycles. The molecule has 0 radical (unpaired) electrons. The van der Waals surface area contributed by atoms with Crippen LogP contribution in [0.1, 0.15) is 24.1 Å². The Labute approximate surface area is 200 Å². The molecule has 2 N–H and O–H groups in total. The summed E-state index contributed by atoms with van der Waals surface area (Å²) in [5.74, 6) is -1.26. The molecule has 176 valence electrons. The van der Waals surface area contributed by atoms with Crippen LogP contribution in [-0.4, -0.2) is 26.8 Å². The van der Waals surface area contributed by atoms with Gasteiger partial charge in [0, 0.05) is 29.7 Å². The van der Waals surface area contributed by atoms with Crippen LogP contribution in [-0.2, 0) is 9.59 Å². The first kappa shape index (κ1) is 22.4. The summed E-state index contributed by atoms with van der Waals surface area (Å²) in [7, 11) is 0. The number of pyridine rings is 1. The lowest BCUT2D eigenvalue weighted by Gasteiger charge is -2.16. The Morgan fingerprint density at radius 1 is 0.914 bits per heavy atom. The Bertz CT molecular complexity index is 1450. The smallest absolute Gasteiger partial charge is 0.240 e. The number of amides is 2. The number of hydrogen-bond acceptors (Lipinski definition) is 6. The lowest BCUT2D eigenvalue weighted by molar-refractivity contribution is -0.131. The van der Waals surface area contributed by atoms with Crippen LogP contribution in [0.4, 0.5) is 15.8 Å². The third-order valence-electron chi connectivity index (χ3n) is 5.87. The molecule has 2 heterocycles. The van der Waals surface area contributed by atoms with Gasteiger partial charge in [-0.15, -0.1) is 0 Å². The van der Waals surface area contributed by atoms with Crippen LogP contribution in [0, 0.1) is 25.1 Å². The Kier molecular flexibility index (Phi) is 5.60. The average Bonchev–Trinajstić information content (AvgIpc) is 3.65. The van der Waals surface area contributed by atoms with E-state index in [1.54, 1.807) is 31.3 Å². The van der Waals surface area contributed by atoms with Crippen LogP contribution >= 0.6 is 0 Å². The predicted octanol–water partition coefficient (Wildman–Crippen LogP) is 4.93. The number of hydrogen-bond donors (Lipinski definition) is 2. The van der Waals surface area contributed by atoms with Crippen LogP contribution in [0.25, 0.3) is 11.2 Å². The maximum Gasteiger partial charge on any atom is 0.240 e. The summed E-state index contributed by atoms with van der Waals surface area (Å²) in [6.45, 7) is 3.74. The standard InChI is InChI=1S/C26H22FN5O3/c1-15-3-5-17(6-4-15)31-24(33)26(10-11-26)25(34)32-18-7-8-20(19(27)13-18)35-21-9-12-28-23-22(21)30-16(2)14-29-23/h3-9,12-14H,10-11H2,1-2H3,(H,31,33)(H,32,34). The number of ether oxygens (including phenoxy) is 1. The maximum absolute atomic E-state index is 14.8. The zero-order valence-electron chi connectivity index (χ0n) is 19.1. The number of nitrogens with zero attached hydrogens (tertiary/aromatic N) is 3. The maximum atomic E-state index is 14.8. The van der Waals surface area contributed by atoms with Gasteiger partial charge in [0.15, 0.2) is 28.5 Å². The molecule has 5 rings (SSSR count). The van der Waals surface area contributed by atoms with E-state index < -0.39 is 17.1 Å². The highest BCUT2D eigenvalue weighted by Crippen LogP contribution is 2.47. The first-order chi connectivity index (χ1) is 16.8. The van der Waals surface area contributed by atoms with Crippen LogP contribution in [0.3, 0.4) is 0 Å². The van der Waals surface area contributed by atoms with Gasteiger partial charge in [-0.25, -0.2) is 19.3 Å². The molecule has 0 aliphatic heterocycles. The molecule has 2 aromatic carbocycles. The van der Waals surface area contributed by atoms with Gasteiger partial charge < -0.3 is 15.4 Å². The topological polar surface area (TPSA) is 106 Å². The number of nitrogens with one attached hydrogen (secondary N) is 2. The van der Waals surface area contributed by atoms with Crippen LogP contribution in [0.15, 0.2) is 60.9 Å². The van der Waals surface area contributed by atoms with E-state index in [1.807, 2.05) is 19.1 Å². The monoisotopic (exact) mass is 471 g/mol. The average molecular weight is 471 g/mol. The SMILES string of the molecule is Cc1ccc(NC(=O)C2(C(=O)Nc3ccc(Oc4ccnc5ncc(C)nc45)c(F)c3)CC2)cc1. The van der Waals surface area contributed by atoms with E-state index >= 15 is 0 Å². The molecule has 0 saturated heterocycles. The van der Waals surface area contributed by atoms with Gasteiger partial charge in [0.25, 0.3) is 0 Å². The quantitative estimate of drug-likeness (QED) is 0.386. The fourth-order valence-corrected chi connectivity index (χ4v) is 3.67. The first-order valence-corrected chi connectivity index (χ1v) is 11.1. The molecule has 0 atom stereocenters. The molecular formula is C26H22FN5O3. The van der Waals surface area contributed by atoms with Gasteiger partial charge in [-0.1, -0.05) is 17.7 Å². The van der Waals surface area contributed by atoms with Crippen LogP contribution in [0.2, 0.25) is 0 Å². The Morgan fingerprint density at radius 2 is 1.60 bits per heavy atom. The second-order valence-corrected chi connectivity index (χ2v) is 8.60. The number of aromatic nitrogens is 3. The largest absolute Gasteiger partial charge is 0.452 e. The lowest BCUT2D eigenvalue weighted by atomic mass is 10.0. The number of halogens is 1. The van der Waals surface area contributed by atoms with Gasteiger partial charge >= 0.3 is 0 Å². The second kappa shape index (κ2) is 8.75. The fourth-order valence-electron chi connectivity index (χ4n) is 3.67. The fraction of sp³-hybridized carbons (Fsp3) is 0.192. The van der Waals surface area contributed by atoms with Crippen molar-refractivity contribution in [2.24, 2.45) is 5.41 Å². The number of benzene rings is 2. The summed E-state index contributed by atoms with van der Waals surface area (Å²) in [6.07, 6.45) is 3.95. The molecule has 0 unspecified atom stereocenters. The van der Waals surface area contributed by atoms with Gasteiger partial charge in [-0.3, -0.25) is 9.59 Å². The summed E-state index contributed by atoms with van der Waals surface area (Å²) in [4.78, 5) is 38.4. The van der Waals surface area contributed by atoms with Crippen molar-refractivity contribution in [2.45, 2.75) is 26.7 Å². The Balaban J connectivity index is 1.29. The molecule has 1 saturated carbocycles. The minimum Gasteiger partial charge on any atom is -0.452 e. The lowest BCUT2D eigenvalue weighted by Crippen LogP contribution is -2.35. The minimum absolute atomic E-state index is 0.0444. The molecule has 4 aromatic rings. The summed E-state index contributed by atoms with van der Waals surface area (Å²) < 4.78 is 20.6.